The second-order valence-electron chi connectivity index (χ2n) is 8.16. The number of H-pyrrole nitrogens is 1. The molecule has 1 aromatic heterocycles. The molecule has 0 aliphatic carbocycles. The molecule has 2 atom stereocenters. The molecule has 1 amide bonds. The Morgan fingerprint density at radius 1 is 1.21 bits per heavy atom. The van der Waals surface area contributed by atoms with Gasteiger partial charge in [-0.1, -0.05) is 53.2 Å². The number of hydrogen-bond donors (Lipinski definition) is 3. The van der Waals surface area contributed by atoms with Crippen LogP contribution in [0, 0.1) is 5.41 Å². The topological polar surface area (TPSA) is 117 Å². The number of rotatable bonds is 11. The van der Waals surface area contributed by atoms with Gasteiger partial charge in [0, 0.05) is 17.7 Å². The van der Waals surface area contributed by atoms with Crippen LogP contribution < -0.4 is 5.32 Å². The van der Waals surface area contributed by atoms with Crippen LogP contribution >= 0.6 is 11.6 Å². The quantitative estimate of drug-likeness (QED) is 0.390. The normalized spacial score (nSPS) is 13.8. The predicted molar refractivity (Wildman–Crippen MR) is 125 cm³/mol. The number of amides is 1. The first-order valence-corrected chi connectivity index (χ1v) is 11.0. The number of aliphatic carboxylic acids is 1. The Morgan fingerprint density at radius 3 is 2.58 bits per heavy atom. The summed E-state index contributed by atoms with van der Waals surface area (Å²) < 4.78 is 5.43. The fourth-order valence-corrected chi connectivity index (χ4v) is 3.80. The second kappa shape index (κ2) is 11.1. The molecule has 3 rings (SSSR count). The minimum atomic E-state index is -1.17. The van der Waals surface area contributed by atoms with Crippen LogP contribution in [0.3, 0.4) is 0 Å². The Morgan fingerprint density at radius 2 is 1.97 bits per heavy atom. The van der Waals surface area contributed by atoms with E-state index in [1.807, 2.05) is 55.5 Å². The van der Waals surface area contributed by atoms with Gasteiger partial charge in [0.05, 0.1) is 18.2 Å². The van der Waals surface area contributed by atoms with Crippen LogP contribution in [-0.2, 0) is 16.0 Å². The highest BCUT2D eigenvalue weighted by Crippen LogP contribution is 2.27. The van der Waals surface area contributed by atoms with E-state index in [-0.39, 0.29) is 18.7 Å². The number of hydrogen-bond acceptors (Lipinski definition) is 5. The van der Waals surface area contributed by atoms with Gasteiger partial charge in [-0.15, -0.1) is 5.10 Å². The molecule has 0 saturated carbocycles. The Labute approximate surface area is 197 Å². The summed E-state index contributed by atoms with van der Waals surface area (Å²) in [5.74, 6) is -1.38. The molecule has 0 aliphatic heterocycles. The van der Waals surface area contributed by atoms with Gasteiger partial charge in [-0.05, 0) is 55.5 Å². The lowest BCUT2D eigenvalue weighted by atomic mass is 9.82. The first kappa shape index (κ1) is 24.4. The van der Waals surface area contributed by atoms with E-state index in [2.05, 4.69) is 20.7 Å². The number of aromatic nitrogens is 3. The first-order chi connectivity index (χ1) is 15.8. The van der Waals surface area contributed by atoms with Crippen molar-refractivity contribution in [3.8, 4) is 11.1 Å². The molecule has 0 fully saturated rings. The molecule has 0 aliphatic rings. The third kappa shape index (κ3) is 6.63. The van der Waals surface area contributed by atoms with Gasteiger partial charge < -0.3 is 15.2 Å². The van der Waals surface area contributed by atoms with Crippen molar-refractivity contribution < 1.29 is 19.4 Å². The standard InChI is InChI=1S/C24H27ClN4O4/c1-3-33-15-24(2,23(31)32)13-20(27-22(30)21-14-26-29-28-21)11-16-7-9-17(10-8-16)18-5-4-6-19(25)12-18/h4-10,12,14,20H,3,11,13,15H2,1-2H3,(H,27,30)(H,31,32)(H,26,28,29)/t20-,24?/m1/s1. The van der Waals surface area contributed by atoms with Crippen LogP contribution in [0.1, 0.15) is 36.3 Å². The van der Waals surface area contributed by atoms with E-state index < -0.39 is 23.3 Å². The zero-order valence-corrected chi connectivity index (χ0v) is 19.3. The van der Waals surface area contributed by atoms with Crippen molar-refractivity contribution >= 4 is 23.5 Å². The maximum absolute atomic E-state index is 12.6. The molecule has 1 heterocycles. The Bertz CT molecular complexity index is 1070. The molecule has 174 valence electrons. The molecule has 1 unspecified atom stereocenters. The number of ether oxygens (including phenoxy) is 1. The average Bonchev–Trinajstić information content (AvgIpc) is 3.33. The molecule has 9 heteroatoms. The van der Waals surface area contributed by atoms with E-state index in [1.54, 1.807) is 6.92 Å². The van der Waals surface area contributed by atoms with Gasteiger partial charge in [-0.2, -0.15) is 0 Å². The number of carboxylic acid groups (broad SMARTS) is 1. The number of carbonyl (C=O) groups is 2. The smallest absolute Gasteiger partial charge is 0.311 e. The lowest BCUT2D eigenvalue weighted by molar-refractivity contribution is -0.152. The number of nitrogens with one attached hydrogen (secondary N) is 2. The molecule has 0 spiro atoms. The fourth-order valence-electron chi connectivity index (χ4n) is 3.61. The van der Waals surface area contributed by atoms with E-state index in [4.69, 9.17) is 16.3 Å². The summed E-state index contributed by atoms with van der Waals surface area (Å²) in [6.07, 6.45) is 1.95. The minimum Gasteiger partial charge on any atom is -0.481 e. The van der Waals surface area contributed by atoms with Crippen molar-refractivity contribution in [3.05, 3.63) is 71.0 Å². The zero-order valence-electron chi connectivity index (χ0n) is 18.5. The predicted octanol–water partition coefficient (Wildman–Crippen LogP) is 3.98. The van der Waals surface area contributed by atoms with Crippen molar-refractivity contribution in [1.82, 2.24) is 20.7 Å². The van der Waals surface area contributed by atoms with Crippen LogP contribution in [0.5, 0.6) is 0 Å². The van der Waals surface area contributed by atoms with Gasteiger partial charge in [-0.25, -0.2) is 0 Å². The Balaban J connectivity index is 1.80. The van der Waals surface area contributed by atoms with E-state index in [0.717, 1.165) is 16.7 Å². The van der Waals surface area contributed by atoms with Crippen molar-refractivity contribution in [3.63, 3.8) is 0 Å². The summed E-state index contributed by atoms with van der Waals surface area (Å²) in [6, 6.07) is 15.0. The number of carbonyl (C=O) groups excluding carboxylic acids is 1. The largest absolute Gasteiger partial charge is 0.481 e. The van der Waals surface area contributed by atoms with Gasteiger partial charge in [-0.3, -0.25) is 14.7 Å². The molecule has 8 nitrogen and oxygen atoms in total. The van der Waals surface area contributed by atoms with Crippen molar-refractivity contribution in [1.29, 1.82) is 0 Å². The zero-order chi connectivity index (χ0) is 23.8. The molecule has 0 bridgehead atoms. The maximum atomic E-state index is 12.6. The molecule has 3 N–H and O–H groups in total. The molecule has 3 aromatic rings. The van der Waals surface area contributed by atoms with Crippen LogP contribution in [0.4, 0.5) is 0 Å². The summed E-state index contributed by atoms with van der Waals surface area (Å²) >= 11 is 6.10. The Kier molecular flexibility index (Phi) is 8.19. The van der Waals surface area contributed by atoms with E-state index in [0.29, 0.717) is 18.1 Å². The van der Waals surface area contributed by atoms with E-state index >= 15 is 0 Å². The van der Waals surface area contributed by atoms with E-state index in [9.17, 15) is 14.7 Å². The van der Waals surface area contributed by atoms with Crippen LogP contribution in [0.25, 0.3) is 11.1 Å². The SMILES string of the molecule is CCOCC(C)(C[C@@H](Cc1ccc(-c2cccc(Cl)c2)cc1)NC(=O)c1cnn[nH]1)C(=O)O. The lowest BCUT2D eigenvalue weighted by Crippen LogP contribution is -2.44. The number of nitrogens with zero attached hydrogens (tertiary/aromatic N) is 2. The lowest BCUT2D eigenvalue weighted by Gasteiger charge is -2.30. The van der Waals surface area contributed by atoms with Crippen molar-refractivity contribution in [2.45, 2.75) is 32.7 Å². The van der Waals surface area contributed by atoms with Crippen molar-refractivity contribution in [2.75, 3.05) is 13.2 Å². The van der Waals surface area contributed by atoms with Gasteiger partial charge in [0.1, 0.15) is 5.69 Å². The van der Waals surface area contributed by atoms with E-state index in [1.165, 1.54) is 6.20 Å². The molecular weight excluding hydrogens is 444 g/mol. The molecule has 0 radical (unpaired) electrons. The summed E-state index contributed by atoms with van der Waals surface area (Å²) in [7, 11) is 0. The summed E-state index contributed by atoms with van der Waals surface area (Å²) in [5, 5.41) is 23.2. The maximum Gasteiger partial charge on any atom is 0.311 e. The van der Waals surface area contributed by atoms with Crippen LogP contribution in [0.2, 0.25) is 5.02 Å². The fraction of sp³-hybridized carbons (Fsp3) is 0.333. The third-order valence-electron chi connectivity index (χ3n) is 5.43. The molecule has 33 heavy (non-hydrogen) atoms. The van der Waals surface area contributed by atoms with Crippen LogP contribution in [-0.4, -0.2) is 51.6 Å². The number of aromatic amines is 1. The number of halogens is 1. The van der Waals surface area contributed by atoms with Gasteiger partial charge in [0.2, 0.25) is 0 Å². The summed E-state index contributed by atoms with van der Waals surface area (Å²) in [5.41, 5.74) is 2.01. The highest BCUT2D eigenvalue weighted by molar-refractivity contribution is 6.30. The molecule has 0 saturated heterocycles. The highest BCUT2D eigenvalue weighted by Gasteiger charge is 2.37. The first-order valence-electron chi connectivity index (χ1n) is 10.6. The highest BCUT2D eigenvalue weighted by atomic mass is 35.5. The molecular formula is C24H27ClN4O4. The summed E-state index contributed by atoms with van der Waals surface area (Å²) in [6.45, 7) is 3.90. The van der Waals surface area contributed by atoms with Gasteiger partial charge in [0.25, 0.3) is 5.91 Å². The van der Waals surface area contributed by atoms with Crippen LogP contribution in [0.15, 0.2) is 54.7 Å². The molecule has 2 aromatic carbocycles. The minimum absolute atomic E-state index is 0.0462. The number of benzene rings is 2. The van der Waals surface area contributed by atoms with Crippen molar-refractivity contribution in [2.24, 2.45) is 5.41 Å². The summed E-state index contributed by atoms with van der Waals surface area (Å²) in [4.78, 5) is 24.7. The second-order valence-corrected chi connectivity index (χ2v) is 8.60. The third-order valence-corrected chi connectivity index (χ3v) is 5.66. The Hall–Kier alpha value is -3.23. The van der Waals surface area contributed by atoms with Gasteiger partial charge in [0.15, 0.2) is 0 Å². The average molecular weight is 471 g/mol. The van der Waals surface area contributed by atoms with Gasteiger partial charge >= 0.3 is 5.97 Å². The number of carboxylic acids is 1. The monoisotopic (exact) mass is 470 g/mol.